The van der Waals surface area contributed by atoms with E-state index in [0.29, 0.717) is 5.41 Å². The molecule has 15 heavy (non-hydrogen) atoms. The van der Waals surface area contributed by atoms with Crippen LogP contribution >= 0.6 is 0 Å². The fraction of sp³-hybridized carbons (Fsp3) is 0.786. The minimum atomic E-state index is 0.219. The van der Waals surface area contributed by atoms with Crippen molar-refractivity contribution in [3.05, 3.63) is 11.1 Å². The van der Waals surface area contributed by atoms with Gasteiger partial charge in [-0.15, -0.1) is 0 Å². The number of hydrogen-bond donors (Lipinski definition) is 0. The number of allylic oxidation sites excluding steroid dienone is 2. The first-order valence-corrected chi connectivity index (χ1v) is 6.12. The van der Waals surface area contributed by atoms with Gasteiger partial charge in [0.2, 0.25) is 0 Å². The van der Waals surface area contributed by atoms with E-state index in [0.717, 1.165) is 19.1 Å². The second-order valence-electron chi connectivity index (χ2n) is 5.47. The van der Waals surface area contributed by atoms with E-state index in [4.69, 9.17) is 0 Å². The van der Waals surface area contributed by atoms with Crippen LogP contribution in [-0.2, 0) is 4.79 Å². The normalized spacial score (nSPS) is 29.1. The Morgan fingerprint density at radius 1 is 1.47 bits per heavy atom. The van der Waals surface area contributed by atoms with E-state index in [-0.39, 0.29) is 5.92 Å². The lowest BCUT2D eigenvalue weighted by Gasteiger charge is -2.36. The van der Waals surface area contributed by atoms with Gasteiger partial charge in [-0.05, 0) is 51.4 Å². The minimum absolute atomic E-state index is 0.219. The van der Waals surface area contributed by atoms with E-state index in [1.165, 1.54) is 19.3 Å². The van der Waals surface area contributed by atoms with Gasteiger partial charge in [0.25, 0.3) is 0 Å². The van der Waals surface area contributed by atoms with Crippen molar-refractivity contribution in [2.24, 2.45) is 11.3 Å². The van der Waals surface area contributed by atoms with Crippen LogP contribution in [0, 0.1) is 11.3 Å². The van der Waals surface area contributed by atoms with Crippen LogP contribution in [0.2, 0.25) is 0 Å². The van der Waals surface area contributed by atoms with E-state index < -0.39 is 0 Å². The predicted molar refractivity (Wildman–Crippen MR) is 64.8 cm³/mol. The van der Waals surface area contributed by atoms with Crippen LogP contribution < -0.4 is 0 Å². The van der Waals surface area contributed by atoms with Crippen LogP contribution in [0.25, 0.3) is 0 Å². The zero-order chi connectivity index (χ0) is 11.5. The molecule has 2 atom stereocenters. The van der Waals surface area contributed by atoms with Gasteiger partial charge >= 0.3 is 0 Å². The van der Waals surface area contributed by atoms with Crippen molar-refractivity contribution < 1.29 is 4.79 Å². The Labute approximate surface area is 93.9 Å². The molecule has 0 radical (unpaired) electrons. The average Bonchev–Trinajstić information content (AvgIpc) is 2.23. The molecule has 0 N–H and O–H groups in total. The fourth-order valence-corrected chi connectivity index (χ4v) is 2.56. The largest absolute Gasteiger partial charge is 0.303 e. The van der Waals surface area contributed by atoms with Crippen molar-refractivity contribution in [3.63, 3.8) is 0 Å². The van der Waals surface area contributed by atoms with Crippen LogP contribution in [0.4, 0.5) is 0 Å². The van der Waals surface area contributed by atoms with Gasteiger partial charge in [0.05, 0.1) is 0 Å². The number of rotatable bonds is 4. The van der Waals surface area contributed by atoms with Gasteiger partial charge in [-0.2, -0.15) is 0 Å². The maximum Gasteiger partial charge on any atom is 0.122 e. The molecule has 0 saturated carbocycles. The minimum Gasteiger partial charge on any atom is -0.303 e. The van der Waals surface area contributed by atoms with Crippen molar-refractivity contribution in [1.82, 2.24) is 0 Å². The standard InChI is InChI=1S/C14H24O/c1-11(10-15)7-9-14(4)8-5-6-12(2)13(14)3/h10-11H,5-9H2,1-4H3. The fourth-order valence-electron chi connectivity index (χ4n) is 2.56. The molecule has 0 amide bonds. The van der Waals surface area contributed by atoms with E-state index in [1.54, 1.807) is 11.1 Å². The number of hydrogen-bond acceptors (Lipinski definition) is 1. The molecule has 1 nitrogen and oxygen atoms in total. The summed E-state index contributed by atoms with van der Waals surface area (Å²) in [4.78, 5) is 10.6. The third-order valence-electron chi connectivity index (χ3n) is 4.21. The first kappa shape index (κ1) is 12.5. The second-order valence-corrected chi connectivity index (χ2v) is 5.47. The molecule has 0 fully saturated rings. The van der Waals surface area contributed by atoms with Crippen LogP contribution in [-0.4, -0.2) is 6.29 Å². The van der Waals surface area contributed by atoms with Crippen molar-refractivity contribution >= 4 is 6.29 Å². The van der Waals surface area contributed by atoms with Crippen molar-refractivity contribution in [2.45, 2.75) is 59.8 Å². The summed E-state index contributed by atoms with van der Waals surface area (Å²) >= 11 is 0. The first-order chi connectivity index (χ1) is 6.99. The summed E-state index contributed by atoms with van der Waals surface area (Å²) in [6.45, 7) is 8.92. The van der Waals surface area contributed by atoms with E-state index in [1.807, 2.05) is 6.92 Å². The molecule has 0 bridgehead atoms. The second kappa shape index (κ2) is 4.96. The molecule has 0 spiro atoms. The molecule has 0 heterocycles. The van der Waals surface area contributed by atoms with Crippen LogP contribution in [0.15, 0.2) is 11.1 Å². The molecule has 0 aliphatic heterocycles. The lowest BCUT2D eigenvalue weighted by Crippen LogP contribution is -2.23. The van der Waals surface area contributed by atoms with Crippen LogP contribution in [0.3, 0.4) is 0 Å². The summed E-state index contributed by atoms with van der Waals surface area (Å²) in [5.41, 5.74) is 3.51. The third kappa shape index (κ3) is 2.93. The molecule has 1 heteroatoms. The quantitative estimate of drug-likeness (QED) is 0.501. The average molecular weight is 208 g/mol. The molecular weight excluding hydrogens is 184 g/mol. The smallest absolute Gasteiger partial charge is 0.122 e. The molecule has 0 aromatic carbocycles. The molecule has 0 saturated heterocycles. The summed E-state index contributed by atoms with van der Waals surface area (Å²) in [6, 6.07) is 0. The highest BCUT2D eigenvalue weighted by Crippen LogP contribution is 2.44. The van der Waals surface area contributed by atoms with Crippen molar-refractivity contribution in [2.75, 3.05) is 0 Å². The Hall–Kier alpha value is -0.590. The topological polar surface area (TPSA) is 17.1 Å². The number of aldehydes is 1. The van der Waals surface area contributed by atoms with Gasteiger partial charge < -0.3 is 4.79 Å². The van der Waals surface area contributed by atoms with Gasteiger partial charge in [-0.1, -0.05) is 25.0 Å². The Bertz CT molecular complexity index is 265. The predicted octanol–water partition coefficient (Wildman–Crippen LogP) is 4.13. The SMILES string of the molecule is CC1=C(C)C(C)(CCC(C)C=O)CCC1. The van der Waals surface area contributed by atoms with E-state index >= 15 is 0 Å². The third-order valence-corrected chi connectivity index (χ3v) is 4.21. The Morgan fingerprint density at radius 3 is 2.73 bits per heavy atom. The molecule has 2 unspecified atom stereocenters. The summed E-state index contributed by atoms with van der Waals surface area (Å²) in [5, 5.41) is 0. The molecule has 1 aliphatic carbocycles. The molecular formula is C14H24O. The summed E-state index contributed by atoms with van der Waals surface area (Å²) < 4.78 is 0. The zero-order valence-corrected chi connectivity index (χ0v) is 10.6. The Balaban J connectivity index is 2.65. The molecule has 86 valence electrons. The van der Waals surface area contributed by atoms with Crippen molar-refractivity contribution in [1.29, 1.82) is 0 Å². The number of carbonyl (C=O) groups is 1. The number of carbonyl (C=O) groups excluding carboxylic acids is 1. The van der Waals surface area contributed by atoms with Gasteiger partial charge in [0, 0.05) is 5.92 Å². The highest BCUT2D eigenvalue weighted by Gasteiger charge is 2.30. The monoisotopic (exact) mass is 208 g/mol. The molecule has 0 aromatic rings. The van der Waals surface area contributed by atoms with E-state index in [2.05, 4.69) is 20.8 Å². The lowest BCUT2D eigenvalue weighted by atomic mass is 9.69. The highest BCUT2D eigenvalue weighted by atomic mass is 16.1. The maximum atomic E-state index is 10.6. The summed E-state index contributed by atoms with van der Waals surface area (Å²) in [6.07, 6.45) is 7.15. The van der Waals surface area contributed by atoms with E-state index in [9.17, 15) is 4.79 Å². The lowest BCUT2D eigenvalue weighted by molar-refractivity contribution is -0.110. The highest BCUT2D eigenvalue weighted by molar-refractivity contribution is 5.52. The molecule has 1 rings (SSSR count). The first-order valence-electron chi connectivity index (χ1n) is 6.12. The van der Waals surface area contributed by atoms with Gasteiger partial charge in [0.15, 0.2) is 0 Å². The van der Waals surface area contributed by atoms with Crippen LogP contribution in [0.1, 0.15) is 59.8 Å². The summed E-state index contributed by atoms with van der Waals surface area (Å²) in [7, 11) is 0. The van der Waals surface area contributed by atoms with Gasteiger partial charge in [-0.25, -0.2) is 0 Å². The Kier molecular flexibility index (Phi) is 4.12. The molecule has 0 aromatic heterocycles. The molecule has 1 aliphatic rings. The zero-order valence-electron chi connectivity index (χ0n) is 10.6. The summed E-state index contributed by atoms with van der Waals surface area (Å²) in [5.74, 6) is 0.219. The Morgan fingerprint density at radius 2 is 2.13 bits per heavy atom. The van der Waals surface area contributed by atoms with Crippen LogP contribution in [0.5, 0.6) is 0 Å². The van der Waals surface area contributed by atoms with Gasteiger partial charge in [0.1, 0.15) is 6.29 Å². The van der Waals surface area contributed by atoms with Crippen molar-refractivity contribution in [3.8, 4) is 0 Å². The van der Waals surface area contributed by atoms with Gasteiger partial charge in [-0.3, -0.25) is 0 Å². The maximum absolute atomic E-state index is 10.6.